The normalized spacial score (nSPS) is 21.9. The van der Waals surface area contributed by atoms with Gasteiger partial charge in [0.2, 0.25) is 0 Å². The van der Waals surface area contributed by atoms with Crippen molar-refractivity contribution < 1.29 is 14.7 Å². The molecule has 3 amide bonds. The first-order valence-corrected chi connectivity index (χ1v) is 8.36. The Morgan fingerprint density at radius 3 is 2.88 bits per heavy atom. The average molecular weight is 332 g/mol. The van der Waals surface area contributed by atoms with Crippen LogP contribution in [0.25, 0.3) is 0 Å². The molecule has 0 aromatic heterocycles. The Balaban J connectivity index is 1.74. The van der Waals surface area contributed by atoms with E-state index in [1.54, 1.807) is 17.0 Å². The van der Waals surface area contributed by atoms with Crippen molar-refractivity contribution in [1.29, 1.82) is 0 Å². The van der Waals surface area contributed by atoms with Crippen molar-refractivity contribution in [3.63, 3.8) is 0 Å². The Hall–Kier alpha value is -2.12. The molecule has 0 spiro atoms. The Kier molecular flexibility index (Phi) is 5.01. The molecule has 2 aliphatic rings. The first-order chi connectivity index (χ1) is 11.6. The number of hydrogen-bond donors (Lipinski definition) is 2. The second kappa shape index (κ2) is 7.19. The lowest BCUT2D eigenvalue weighted by atomic mass is 10.1. The van der Waals surface area contributed by atoms with Crippen LogP contribution in [0.3, 0.4) is 0 Å². The molecule has 7 nitrogen and oxygen atoms in total. The summed E-state index contributed by atoms with van der Waals surface area (Å²) < 4.78 is 0. The molecule has 130 valence electrons. The van der Waals surface area contributed by atoms with E-state index in [2.05, 4.69) is 10.2 Å². The van der Waals surface area contributed by atoms with E-state index in [1.807, 2.05) is 24.1 Å². The topological polar surface area (TPSA) is 76.1 Å². The van der Waals surface area contributed by atoms with Gasteiger partial charge < -0.3 is 15.3 Å². The van der Waals surface area contributed by atoms with Gasteiger partial charge in [0.25, 0.3) is 5.91 Å². The maximum atomic E-state index is 12.8. The van der Waals surface area contributed by atoms with Crippen molar-refractivity contribution in [2.24, 2.45) is 0 Å². The molecule has 3 rings (SSSR count). The predicted octanol–water partition coefficient (Wildman–Crippen LogP) is 0.355. The van der Waals surface area contributed by atoms with Crippen LogP contribution in [-0.4, -0.2) is 79.3 Å². The average Bonchev–Trinajstić information content (AvgIpc) is 3.02. The molecule has 2 aliphatic heterocycles. The van der Waals surface area contributed by atoms with Crippen molar-refractivity contribution in [2.45, 2.75) is 12.5 Å². The minimum Gasteiger partial charge on any atom is -0.396 e. The maximum absolute atomic E-state index is 12.8. The zero-order valence-corrected chi connectivity index (χ0v) is 13.9. The van der Waals surface area contributed by atoms with Crippen LogP contribution in [0, 0.1) is 0 Å². The van der Waals surface area contributed by atoms with Crippen molar-refractivity contribution in [2.75, 3.05) is 51.3 Å². The van der Waals surface area contributed by atoms with Gasteiger partial charge in [0.15, 0.2) is 0 Å². The van der Waals surface area contributed by atoms with E-state index in [0.717, 1.165) is 12.2 Å². The van der Waals surface area contributed by atoms with Gasteiger partial charge in [0.05, 0.1) is 0 Å². The molecule has 7 heteroatoms. The van der Waals surface area contributed by atoms with E-state index >= 15 is 0 Å². The molecule has 2 heterocycles. The van der Waals surface area contributed by atoms with E-state index in [-0.39, 0.29) is 24.6 Å². The summed E-state index contributed by atoms with van der Waals surface area (Å²) >= 11 is 0. The van der Waals surface area contributed by atoms with E-state index in [4.69, 9.17) is 0 Å². The summed E-state index contributed by atoms with van der Waals surface area (Å²) in [5.74, 6) is -0.0208. The van der Waals surface area contributed by atoms with Crippen molar-refractivity contribution >= 4 is 17.6 Å². The number of amides is 3. The number of piperazine rings is 1. The zero-order chi connectivity index (χ0) is 17.1. The van der Waals surface area contributed by atoms with Gasteiger partial charge in [-0.1, -0.05) is 6.07 Å². The van der Waals surface area contributed by atoms with E-state index in [9.17, 15) is 14.7 Å². The summed E-state index contributed by atoms with van der Waals surface area (Å²) in [5, 5.41) is 12.0. The standard InChI is InChI=1S/C17H24N4O3/c1-19-8-9-20(12-15(19)5-10-22)16(23)13-3-2-4-14(11-13)21-7-6-18-17(21)24/h2-4,11,15,22H,5-10,12H2,1H3,(H,18,24)/t15-/m1/s1. The number of benzene rings is 1. The third kappa shape index (κ3) is 3.37. The number of aliphatic hydroxyl groups excluding tert-OH is 1. The van der Waals surface area contributed by atoms with Crippen molar-refractivity contribution in [1.82, 2.24) is 15.1 Å². The van der Waals surface area contributed by atoms with Gasteiger partial charge in [-0.3, -0.25) is 14.6 Å². The number of nitrogens with one attached hydrogen (secondary N) is 1. The fourth-order valence-corrected chi connectivity index (χ4v) is 3.30. The fraction of sp³-hybridized carbons (Fsp3) is 0.529. The molecule has 0 aliphatic carbocycles. The maximum Gasteiger partial charge on any atom is 0.321 e. The Morgan fingerprint density at radius 1 is 1.33 bits per heavy atom. The van der Waals surface area contributed by atoms with Crippen LogP contribution in [0.4, 0.5) is 10.5 Å². The molecule has 1 atom stereocenters. The molecule has 24 heavy (non-hydrogen) atoms. The summed E-state index contributed by atoms with van der Waals surface area (Å²) in [6, 6.07) is 7.30. The molecule has 0 bridgehead atoms. The first kappa shape index (κ1) is 16.7. The number of carbonyl (C=O) groups is 2. The molecule has 2 N–H and O–H groups in total. The number of carbonyl (C=O) groups excluding carboxylic acids is 2. The second-order valence-electron chi connectivity index (χ2n) is 6.33. The quantitative estimate of drug-likeness (QED) is 0.834. The number of likely N-dealkylation sites (N-methyl/N-ethyl adjacent to an activating group) is 1. The molecule has 1 aromatic rings. The SMILES string of the molecule is CN1CCN(C(=O)c2cccc(N3CCNC3=O)c2)C[C@H]1CCO. The van der Waals surface area contributed by atoms with Gasteiger partial charge in [-0.2, -0.15) is 0 Å². The molecule has 0 saturated carbocycles. The van der Waals surface area contributed by atoms with Gasteiger partial charge in [-0.15, -0.1) is 0 Å². The highest BCUT2D eigenvalue weighted by Crippen LogP contribution is 2.20. The van der Waals surface area contributed by atoms with Crippen LogP contribution in [0.15, 0.2) is 24.3 Å². The third-order valence-corrected chi connectivity index (χ3v) is 4.79. The lowest BCUT2D eigenvalue weighted by molar-refractivity contribution is 0.0500. The number of aliphatic hydroxyl groups is 1. The Bertz CT molecular complexity index is 622. The Labute approximate surface area is 141 Å². The number of hydrogen-bond acceptors (Lipinski definition) is 4. The molecule has 0 radical (unpaired) electrons. The molecular weight excluding hydrogens is 308 g/mol. The summed E-state index contributed by atoms with van der Waals surface area (Å²) in [6.45, 7) is 3.44. The van der Waals surface area contributed by atoms with Gasteiger partial charge in [-0.05, 0) is 31.7 Å². The largest absolute Gasteiger partial charge is 0.396 e. The van der Waals surface area contributed by atoms with Gasteiger partial charge in [0.1, 0.15) is 0 Å². The minimum atomic E-state index is -0.123. The lowest BCUT2D eigenvalue weighted by Gasteiger charge is -2.39. The fourth-order valence-electron chi connectivity index (χ4n) is 3.30. The van der Waals surface area contributed by atoms with Crippen LogP contribution < -0.4 is 10.2 Å². The van der Waals surface area contributed by atoms with E-state index in [1.165, 1.54) is 0 Å². The number of anilines is 1. The number of urea groups is 1. The molecule has 0 unspecified atom stereocenters. The summed E-state index contributed by atoms with van der Waals surface area (Å²) in [5.41, 5.74) is 1.34. The summed E-state index contributed by atoms with van der Waals surface area (Å²) in [7, 11) is 2.02. The minimum absolute atomic E-state index is 0.0208. The molecular formula is C17H24N4O3. The Morgan fingerprint density at radius 2 is 2.17 bits per heavy atom. The van der Waals surface area contributed by atoms with Crippen LogP contribution in [0.2, 0.25) is 0 Å². The van der Waals surface area contributed by atoms with Crippen LogP contribution >= 0.6 is 0 Å². The van der Waals surface area contributed by atoms with Gasteiger partial charge in [-0.25, -0.2) is 4.79 Å². The molecule has 1 aromatic carbocycles. The van der Waals surface area contributed by atoms with E-state index < -0.39 is 0 Å². The summed E-state index contributed by atoms with van der Waals surface area (Å²) in [6.07, 6.45) is 0.661. The van der Waals surface area contributed by atoms with Gasteiger partial charge >= 0.3 is 6.03 Å². The first-order valence-electron chi connectivity index (χ1n) is 8.36. The zero-order valence-electron chi connectivity index (χ0n) is 13.9. The second-order valence-corrected chi connectivity index (χ2v) is 6.33. The highest BCUT2D eigenvalue weighted by atomic mass is 16.3. The predicted molar refractivity (Wildman–Crippen MR) is 91.2 cm³/mol. The highest BCUT2D eigenvalue weighted by molar-refractivity contribution is 5.98. The van der Waals surface area contributed by atoms with Crippen molar-refractivity contribution in [3.8, 4) is 0 Å². The monoisotopic (exact) mass is 332 g/mol. The van der Waals surface area contributed by atoms with Crippen LogP contribution in [-0.2, 0) is 0 Å². The number of nitrogens with zero attached hydrogens (tertiary/aromatic N) is 3. The summed E-state index contributed by atoms with van der Waals surface area (Å²) in [4.78, 5) is 30.3. The smallest absolute Gasteiger partial charge is 0.321 e. The number of rotatable bonds is 4. The van der Waals surface area contributed by atoms with Crippen LogP contribution in [0.5, 0.6) is 0 Å². The highest BCUT2D eigenvalue weighted by Gasteiger charge is 2.28. The van der Waals surface area contributed by atoms with E-state index in [0.29, 0.717) is 38.2 Å². The van der Waals surface area contributed by atoms with Crippen LogP contribution in [0.1, 0.15) is 16.8 Å². The third-order valence-electron chi connectivity index (χ3n) is 4.79. The van der Waals surface area contributed by atoms with Gasteiger partial charge in [0, 0.05) is 56.6 Å². The van der Waals surface area contributed by atoms with Crippen molar-refractivity contribution in [3.05, 3.63) is 29.8 Å². The molecule has 2 fully saturated rings. The lowest BCUT2D eigenvalue weighted by Crippen LogP contribution is -2.53. The molecule has 2 saturated heterocycles.